The Bertz CT molecular complexity index is 307. The molecule has 1 atom stereocenters. The van der Waals surface area contributed by atoms with Gasteiger partial charge in [-0.1, -0.05) is 6.92 Å². The number of carbonyl (C=O) groups is 1. The Balaban J connectivity index is 2.20. The van der Waals surface area contributed by atoms with Gasteiger partial charge in [0.2, 0.25) is 0 Å². The molecule has 1 rings (SSSR count). The van der Waals surface area contributed by atoms with Crippen LogP contribution in [0.2, 0.25) is 0 Å². The fourth-order valence-corrected chi connectivity index (χ4v) is 2.50. The number of rotatable bonds is 6. The molecule has 1 fully saturated rings. The topological polar surface area (TPSA) is 53.6 Å². The third kappa shape index (κ3) is 8.27. The van der Waals surface area contributed by atoms with Crippen molar-refractivity contribution in [1.82, 2.24) is 15.5 Å². The van der Waals surface area contributed by atoms with E-state index in [-0.39, 0.29) is 12.1 Å². The molecular formula is C16H33N3O2. The van der Waals surface area contributed by atoms with Crippen LogP contribution in [0, 0.1) is 5.92 Å². The summed E-state index contributed by atoms with van der Waals surface area (Å²) in [5.41, 5.74) is -0.441. The van der Waals surface area contributed by atoms with Gasteiger partial charge in [-0.15, -0.1) is 0 Å². The van der Waals surface area contributed by atoms with Crippen molar-refractivity contribution in [2.75, 3.05) is 33.2 Å². The van der Waals surface area contributed by atoms with Crippen LogP contribution >= 0.6 is 0 Å². The molecule has 1 aliphatic heterocycles. The molecule has 0 aromatic heterocycles. The Labute approximate surface area is 129 Å². The maximum Gasteiger partial charge on any atom is 0.407 e. The Kier molecular flexibility index (Phi) is 7.46. The van der Waals surface area contributed by atoms with Gasteiger partial charge in [0.1, 0.15) is 5.60 Å². The van der Waals surface area contributed by atoms with Crippen molar-refractivity contribution in [3.63, 3.8) is 0 Å². The highest BCUT2D eigenvalue weighted by Gasteiger charge is 2.19. The van der Waals surface area contributed by atoms with Crippen LogP contribution < -0.4 is 10.6 Å². The number of hydrogen-bond acceptors (Lipinski definition) is 4. The van der Waals surface area contributed by atoms with Gasteiger partial charge < -0.3 is 20.3 Å². The van der Waals surface area contributed by atoms with E-state index in [2.05, 4.69) is 29.5 Å². The van der Waals surface area contributed by atoms with Crippen molar-refractivity contribution in [3.8, 4) is 0 Å². The van der Waals surface area contributed by atoms with E-state index < -0.39 is 5.60 Å². The number of carbonyl (C=O) groups excluding carboxylic acids is 1. The second-order valence-electron chi connectivity index (χ2n) is 7.16. The summed E-state index contributed by atoms with van der Waals surface area (Å²) in [6.45, 7) is 12.0. The first-order chi connectivity index (χ1) is 9.80. The summed E-state index contributed by atoms with van der Waals surface area (Å²) >= 11 is 0. The predicted octanol–water partition coefficient (Wildman–Crippen LogP) is 2.22. The molecule has 1 amide bonds. The average molecular weight is 299 g/mol. The first-order valence-corrected chi connectivity index (χ1v) is 8.19. The molecule has 0 aromatic carbocycles. The lowest BCUT2D eigenvalue weighted by atomic mass is 9.97. The smallest absolute Gasteiger partial charge is 0.407 e. The number of hydrogen-bond donors (Lipinski definition) is 2. The summed E-state index contributed by atoms with van der Waals surface area (Å²) in [6.07, 6.45) is 3.11. The molecule has 1 heterocycles. The fourth-order valence-electron chi connectivity index (χ4n) is 2.50. The Morgan fingerprint density at radius 1 is 1.33 bits per heavy atom. The van der Waals surface area contributed by atoms with E-state index in [9.17, 15) is 4.79 Å². The molecule has 0 aliphatic carbocycles. The van der Waals surface area contributed by atoms with Gasteiger partial charge in [-0.05, 0) is 72.6 Å². The van der Waals surface area contributed by atoms with Crippen LogP contribution in [0.3, 0.4) is 0 Å². The fraction of sp³-hybridized carbons (Fsp3) is 0.938. The standard InChI is InChI=1S/C16H33N3O2/c1-6-14(18-15(20)21-16(2,3)4)12-17-11-13-7-9-19(5)10-8-13/h13-14,17H,6-12H2,1-5H3,(H,18,20). The molecule has 1 unspecified atom stereocenters. The maximum absolute atomic E-state index is 11.8. The van der Waals surface area contributed by atoms with Crippen molar-refractivity contribution in [2.24, 2.45) is 5.92 Å². The van der Waals surface area contributed by atoms with E-state index in [0.717, 1.165) is 25.4 Å². The van der Waals surface area contributed by atoms with Crippen molar-refractivity contribution in [3.05, 3.63) is 0 Å². The summed E-state index contributed by atoms with van der Waals surface area (Å²) in [5, 5.41) is 6.44. The Morgan fingerprint density at radius 3 is 2.48 bits per heavy atom. The van der Waals surface area contributed by atoms with Crippen molar-refractivity contribution >= 4 is 6.09 Å². The van der Waals surface area contributed by atoms with E-state index in [1.54, 1.807) is 0 Å². The van der Waals surface area contributed by atoms with E-state index in [1.807, 2.05) is 20.8 Å². The highest BCUT2D eigenvalue weighted by atomic mass is 16.6. The van der Waals surface area contributed by atoms with Crippen molar-refractivity contribution < 1.29 is 9.53 Å². The number of alkyl carbamates (subject to hydrolysis) is 1. The first kappa shape index (κ1) is 18.2. The minimum absolute atomic E-state index is 0.131. The minimum atomic E-state index is -0.441. The molecule has 21 heavy (non-hydrogen) atoms. The van der Waals surface area contributed by atoms with Gasteiger partial charge in [-0.2, -0.15) is 0 Å². The molecule has 0 saturated carbocycles. The minimum Gasteiger partial charge on any atom is -0.444 e. The second kappa shape index (κ2) is 8.59. The average Bonchev–Trinajstić information content (AvgIpc) is 2.37. The van der Waals surface area contributed by atoms with Crippen molar-refractivity contribution in [1.29, 1.82) is 0 Å². The van der Waals surface area contributed by atoms with Gasteiger partial charge in [0, 0.05) is 12.6 Å². The summed E-state index contributed by atoms with van der Waals surface area (Å²) in [6, 6.07) is 0.131. The zero-order valence-electron chi connectivity index (χ0n) is 14.4. The number of likely N-dealkylation sites (tertiary alicyclic amines) is 1. The monoisotopic (exact) mass is 299 g/mol. The van der Waals surface area contributed by atoms with E-state index in [0.29, 0.717) is 0 Å². The zero-order chi connectivity index (χ0) is 15.9. The second-order valence-corrected chi connectivity index (χ2v) is 7.16. The molecule has 0 radical (unpaired) electrons. The zero-order valence-corrected chi connectivity index (χ0v) is 14.4. The normalized spacial score (nSPS) is 19.3. The van der Waals surface area contributed by atoms with Crippen LogP contribution in [0.4, 0.5) is 4.79 Å². The van der Waals surface area contributed by atoms with Crippen molar-refractivity contribution in [2.45, 2.75) is 58.6 Å². The Morgan fingerprint density at radius 2 is 1.95 bits per heavy atom. The van der Waals surface area contributed by atoms with Crippen LogP contribution in [0.15, 0.2) is 0 Å². The Hall–Kier alpha value is -0.810. The molecule has 1 aliphatic rings. The molecule has 0 spiro atoms. The molecule has 2 N–H and O–H groups in total. The van der Waals surface area contributed by atoms with E-state index in [4.69, 9.17) is 4.74 Å². The summed E-state index contributed by atoms with van der Waals surface area (Å²) < 4.78 is 5.29. The number of amides is 1. The molecule has 124 valence electrons. The largest absolute Gasteiger partial charge is 0.444 e. The van der Waals surface area contributed by atoms with Gasteiger partial charge in [0.05, 0.1) is 0 Å². The van der Waals surface area contributed by atoms with Gasteiger partial charge in [0.15, 0.2) is 0 Å². The number of piperidine rings is 1. The van der Waals surface area contributed by atoms with Crippen LogP contribution in [0.5, 0.6) is 0 Å². The number of ether oxygens (including phenoxy) is 1. The van der Waals surface area contributed by atoms with Gasteiger partial charge in [-0.25, -0.2) is 4.79 Å². The first-order valence-electron chi connectivity index (χ1n) is 8.19. The SMILES string of the molecule is CCC(CNCC1CCN(C)CC1)NC(=O)OC(C)(C)C. The lowest BCUT2D eigenvalue weighted by Crippen LogP contribution is -2.45. The van der Waals surface area contributed by atoms with Gasteiger partial charge >= 0.3 is 6.09 Å². The summed E-state index contributed by atoms with van der Waals surface area (Å²) in [7, 11) is 2.18. The van der Waals surface area contributed by atoms with Crippen LogP contribution in [0.1, 0.15) is 47.0 Å². The highest BCUT2D eigenvalue weighted by Crippen LogP contribution is 2.14. The van der Waals surface area contributed by atoms with Gasteiger partial charge in [0.25, 0.3) is 0 Å². The lowest BCUT2D eigenvalue weighted by Gasteiger charge is -2.29. The molecular weight excluding hydrogens is 266 g/mol. The molecule has 0 aromatic rings. The highest BCUT2D eigenvalue weighted by molar-refractivity contribution is 5.68. The maximum atomic E-state index is 11.8. The summed E-state index contributed by atoms with van der Waals surface area (Å²) in [5.74, 6) is 0.764. The third-order valence-corrected chi connectivity index (χ3v) is 3.88. The number of nitrogens with zero attached hydrogens (tertiary/aromatic N) is 1. The van der Waals surface area contributed by atoms with Crippen LogP contribution in [0.25, 0.3) is 0 Å². The molecule has 1 saturated heterocycles. The molecule has 5 heteroatoms. The molecule has 5 nitrogen and oxygen atoms in total. The predicted molar refractivity (Wildman–Crippen MR) is 86.5 cm³/mol. The number of nitrogens with one attached hydrogen (secondary N) is 2. The quantitative estimate of drug-likeness (QED) is 0.789. The van der Waals surface area contributed by atoms with Crippen LogP contribution in [-0.2, 0) is 4.74 Å². The van der Waals surface area contributed by atoms with Gasteiger partial charge in [-0.3, -0.25) is 0 Å². The molecule has 0 bridgehead atoms. The van der Waals surface area contributed by atoms with Crippen LogP contribution in [-0.4, -0.2) is 55.9 Å². The third-order valence-electron chi connectivity index (χ3n) is 3.88. The summed E-state index contributed by atoms with van der Waals surface area (Å²) in [4.78, 5) is 14.1. The lowest BCUT2D eigenvalue weighted by molar-refractivity contribution is 0.0502. The van der Waals surface area contributed by atoms with E-state index >= 15 is 0 Å². The van der Waals surface area contributed by atoms with E-state index in [1.165, 1.54) is 25.9 Å².